The molecule has 1 fully saturated rings. The third-order valence-electron chi connectivity index (χ3n) is 4.54. The number of hydrogen-bond acceptors (Lipinski definition) is 8. The van der Waals surface area contributed by atoms with Crippen molar-refractivity contribution in [1.29, 1.82) is 0 Å². The number of carbonyl (C=O) groups is 1. The van der Waals surface area contributed by atoms with Gasteiger partial charge in [0.15, 0.2) is 5.82 Å². The molecule has 3 heterocycles. The van der Waals surface area contributed by atoms with Crippen LogP contribution in [-0.4, -0.2) is 61.4 Å². The second kappa shape index (κ2) is 8.40. The number of carbonyl (C=O) groups excluding carboxylic acids is 1. The van der Waals surface area contributed by atoms with E-state index in [1.807, 2.05) is 4.90 Å². The van der Waals surface area contributed by atoms with E-state index in [1.165, 1.54) is 30.5 Å². The summed E-state index contributed by atoms with van der Waals surface area (Å²) >= 11 is 4.73. The number of ether oxygens (including phenoxy) is 1. The molecule has 1 atom stereocenters. The van der Waals surface area contributed by atoms with Crippen molar-refractivity contribution in [2.75, 3.05) is 23.3 Å². The third-order valence-corrected chi connectivity index (χ3v) is 4.62. The fraction of sp³-hybridized carbons (Fsp3) is 0.278. The second-order valence-corrected chi connectivity index (χ2v) is 7.20. The van der Waals surface area contributed by atoms with Crippen LogP contribution in [-0.2, 0) is 0 Å². The summed E-state index contributed by atoms with van der Waals surface area (Å²) in [5, 5.41) is 26.2. The van der Waals surface area contributed by atoms with Crippen molar-refractivity contribution in [2.24, 2.45) is 0 Å². The van der Waals surface area contributed by atoms with Crippen molar-refractivity contribution in [3.63, 3.8) is 0 Å². The van der Waals surface area contributed by atoms with Crippen molar-refractivity contribution in [2.45, 2.75) is 18.1 Å². The number of alkyl halides is 3. The summed E-state index contributed by atoms with van der Waals surface area (Å²) in [6.07, 6.45) is 1.54. The van der Waals surface area contributed by atoms with E-state index in [4.69, 9.17) is 11.6 Å². The number of aromatic nitrogens is 5. The Morgan fingerprint density at radius 3 is 2.74 bits per heavy atom. The lowest BCUT2D eigenvalue weighted by Gasteiger charge is -2.19. The molecule has 1 aromatic carbocycles. The van der Waals surface area contributed by atoms with E-state index in [9.17, 15) is 18.7 Å². The summed E-state index contributed by atoms with van der Waals surface area (Å²) in [6, 6.07) is 6.86. The predicted octanol–water partition coefficient (Wildman–Crippen LogP) is 2.25. The maximum Gasteiger partial charge on any atom is 0.487 e. The van der Waals surface area contributed by atoms with Crippen LogP contribution in [0, 0.1) is 0 Å². The fourth-order valence-electron chi connectivity index (χ4n) is 3.16. The molecule has 1 amide bonds. The second-order valence-electron chi connectivity index (χ2n) is 6.76. The van der Waals surface area contributed by atoms with E-state index in [0.717, 1.165) is 0 Å². The highest BCUT2D eigenvalue weighted by molar-refractivity contribution is 6.20. The lowest BCUT2D eigenvalue weighted by Crippen LogP contribution is -2.23. The van der Waals surface area contributed by atoms with Gasteiger partial charge in [0.1, 0.15) is 11.6 Å². The van der Waals surface area contributed by atoms with E-state index < -0.39 is 17.6 Å². The highest BCUT2D eigenvalue weighted by atomic mass is 35.5. The van der Waals surface area contributed by atoms with Gasteiger partial charge in [-0.15, -0.1) is 13.9 Å². The van der Waals surface area contributed by atoms with E-state index in [1.54, 1.807) is 6.07 Å². The topological polar surface area (TPSA) is 129 Å². The van der Waals surface area contributed by atoms with Crippen LogP contribution in [0.3, 0.4) is 0 Å². The molecular formula is C18H16ClF2N7O3. The fourth-order valence-corrected chi connectivity index (χ4v) is 3.25. The Hall–Kier alpha value is -3.38. The minimum Gasteiger partial charge on any atom is -0.420 e. The SMILES string of the molecule is O=C(Nc1ccc(OC(F)(F)Cl)cc1)c1cnc(N2CC[C@@H](O)C2)c(-c2nnn[nH]2)c1. The van der Waals surface area contributed by atoms with Crippen LogP contribution in [0.1, 0.15) is 16.8 Å². The molecule has 0 radical (unpaired) electrons. The minimum absolute atomic E-state index is 0.156. The standard InChI is InChI=1S/C18H16ClF2N7O3/c19-18(20,21)31-13-3-1-11(2-4-13)23-17(30)10-7-14(15-24-26-27-25-15)16(22-8-10)28-6-5-12(29)9-28/h1-4,7-8,12,29H,5-6,9H2,(H,23,30)(H,24,25,26,27)/t12-/m1/s1. The van der Waals surface area contributed by atoms with Crippen LogP contribution in [0.4, 0.5) is 20.3 Å². The van der Waals surface area contributed by atoms with E-state index >= 15 is 0 Å². The molecule has 2 aromatic heterocycles. The molecule has 3 N–H and O–H groups in total. The average molecular weight is 452 g/mol. The van der Waals surface area contributed by atoms with Gasteiger partial charge in [-0.25, -0.2) is 10.1 Å². The Labute approximate surface area is 179 Å². The number of amides is 1. The zero-order chi connectivity index (χ0) is 22.0. The highest BCUT2D eigenvalue weighted by Gasteiger charge is 2.28. The first kappa shape index (κ1) is 20.9. The molecule has 1 aliphatic heterocycles. The van der Waals surface area contributed by atoms with Gasteiger partial charge in [-0.1, -0.05) is 0 Å². The summed E-state index contributed by atoms with van der Waals surface area (Å²) in [7, 11) is 0. The number of tetrazole rings is 1. The molecule has 1 aliphatic rings. The first-order valence-corrected chi connectivity index (χ1v) is 9.50. The Kier molecular flexibility index (Phi) is 5.65. The van der Waals surface area contributed by atoms with Crippen molar-refractivity contribution in [3.05, 3.63) is 42.1 Å². The van der Waals surface area contributed by atoms with Gasteiger partial charge >= 0.3 is 5.57 Å². The summed E-state index contributed by atoms with van der Waals surface area (Å²) in [4.78, 5) is 19.0. The van der Waals surface area contributed by atoms with Gasteiger partial charge in [-0.2, -0.15) is 0 Å². The molecule has 0 spiro atoms. The average Bonchev–Trinajstić information content (AvgIpc) is 3.40. The number of aromatic amines is 1. The van der Waals surface area contributed by atoms with Crippen LogP contribution >= 0.6 is 11.6 Å². The maximum atomic E-state index is 12.7. The van der Waals surface area contributed by atoms with Gasteiger partial charge in [0, 0.05) is 36.6 Å². The van der Waals surface area contributed by atoms with Crippen molar-refractivity contribution < 1.29 is 23.4 Å². The molecular weight excluding hydrogens is 436 g/mol. The number of β-amino-alcohol motifs (C(OH)–C–C–N with tert-alkyl or cyclic N) is 1. The summed E-state index contributed by atoms with van der Waals surface area (Å²) in [5.74, 6) is 0.222. The number of nitrogens with zero attached hydrogens (tertiary/aromatic N) is 5. The number of benzene rings is 1. The normalized spacial score (nSPS) is 16.4. The van der Waals surface area contributed by atoms with Crippen molar-refractivity contribution in [3.8, 4) is 17.1 Å². The Bertz CT molecular complexity index is 1060. The van der Waals surface area contributed by atoms with E-state index in [0.29, 0.717) is 42.4 Å². The smallest absolute Gasteiger partial charge is 0.420 e. The number of H-pyrrole nitrogens is 1. The van der Waals surface area contributed by atoms with Gasteiger partial charge < -0.3 is 20.1 Å². The Balaban J connectivity index is 1.55. The molecule has 1 saturated heterocycles. The lowest BCUT2D eigenvalue weighted by atomic mass is 10.1. The Morgan fingerprint density at radius 2 is 2.13 bits per heavy atom. The molecule has 0 aliphatic carbocycles. The number of anilines is 2. The minimum atomic E-state index is -3.82. The number of halogens is 3. The molecule has 10 nitrogen and oxygen atoms in total. The van der Waals surface area contributed by atoms with Crippen molar-refractivity contribution >= 4 is 29.0 Å². The first-order valence-electron chi connectivity index (χ1n) is 9.13. The molecule has 31 heavy (non-hydrogen) atoms. The number of pyridine rings is 1. The van der Waals surface area contributed by atoms with Crippen LogP contribution in [0.15, 0.2) is 36.5 Å². The monoisotopic (exact) mass is 451 g/mol. The van der Waals surface area contributed by atoms with Crippen LogP contribution in [0.5, 0.6) is 5.75 Å². The number of nitrogens with one attached hydrogen (secondary N) is 2. The van der Waals surface area contributed by atoms with Crippen LogP contribution in [0.25, 0.3) is 11.4 Å². The predicted molar refractivity (Wildman–Crippen MR) is 106 cm³/mol. The maximum absolute atomic E-state index is 12.7. The van der Waals surface area contributed by atoms with Gasteiger partial charge in [0.25, 0.3) is 5.91 Å². The Morgan fingerprint density at radius 1 is 1.35 bits per heavy atom. The largest absolute Gasteiger partial charge is 0.487 e. The number of rotatable bonds is 6. The van der Waals surface area contributed by atoms with Crippen molar-refractivity contribution in [1.82, 2.24) is 25.6 Å². The number of hydrogen-bond donors (Lipinski definition) is 3. The molecule has 162 valence electrons. The van der Waals surface area contributed by atoms with Crippen LogP contribution < -0.4 is 15.0 Å². The number of aliphatic hydroxyl groups is 1. The molecule has 0 unspecified atom stereocenters. The molecule has 3 aromatic rings. The zero-order valence-corrected chi connectivity index (χ0v) is 16.6. The molecule has 0 bridgehead atoms. The van der Waals surface area contributed by atoms with Crippen LogP contribution in [0.2, 0.25) is 0 Å². The first-order chi connectivity index (χ1) is 14.8. The van der Waals surface area contributed by atoms with Gasteiger partial charge in [-0.3, -0.25) is 4.79 Å². The van der Waals surface area contributed by atoms with Gasteiger partial charge in [0.2, 0.25) is 0 Å². The summed E-state index contributed by atoms with van der Waals surface area (Å²) < 4.78 is 29.6. The summed E-state index contributed by atoms with van der Waals surface area (Å²) in [5.41, 5.74) is -2.75. The summed E-state index contributed by atoms with van der Waals surface area (Å²) in [6.45, 7) is 1.01. The van der Waals surface area contributed by atoms with Gasteiger partial charge in [-0.05, 0) is 47.2 Å². The van der Waals surface area contributed by atoms with Gasteiger partial charge in [0.05, 0.1) is 17.2 Å². The molecule has 4 rings (SSSR count). The zero-order valence-electron chi connectivity index (χ0n) is 15.8. The third kappa shape index (κ3) is 5.03. The quantitative estimate of drug-likeness (QED) is 0.487. The molecule has 0 saturated carbocycles. The van der Waals surface area contributed by atoms with E-state index in [-0.39, 0.29) is 11.3 Å². The molecule has 13 heteroatoms. The van der Waals surface area contributed by atoms with E-state index in [2.05, 4.69) is 35.7 Å². The lowest BCUT2D eigenvalue weighted by molar-refractivity contribution is -0.0964. The highest BCUT2D eigenvalue weighted by Crippen LogP contribution is 2.30. The number of aliphatic hydroxyl groups excluding tert-OH is 1.